The van der Waals surface area contributed by atoms with Gasteiger partial charge in [0.25, 0.3) is 0 Å². The number of carbonyl (C=O) groups is 1. The number of thiophene rings is 1. The quantitative estimate of drug-likeness (QED) is 0.498. The van der Waals surface area contributed by atoms with Crippen LogP contribution in [0.1, 0.15) is 27.1 Å². The highest BCUT2D eigenvalue weighted by atomic mass is 32.1. The predicted octanol–water partition coefficient (Wildman–Crippen LogP) is 5.66. The van der Waals surface area contributed by atoms with E-state index in [-0.39, 0.29) is 19.2 Å². The van der Waals surface area contributed by atoms with Crippen molar-refractivity contribution in [2.45, 2.75) is 20.5 Å². The van der Waals surface area contributed by atoms with Gasteiger partial charge in [0.2, 0.25) is 0 Å². The number of aryl methyl sites for hydroxylation is 2. The number of rotatable bonds is 7. The number of benzene rings is 2. The minimum absolute atomic E-state index is 0.1000. The molecule has 0 unspecified atom stereocenters. The molecule has 3 nitrogen and oxygen atoms in total. The Balaban J connectivity index is 1.52. The van der Waals surface area contributed by atoms with Crippen LogP contribution in [0.5, 0.6) is 5.75 Å². The largest absolute Gasteiger partial charge is 0.482 e. The Morgan fingerprint density at radius 1 is 1.00 bits per heavy atom. The average Bonchev–Trinajstić information content (AvgIpc) is 3.09. The van der Waals surface area contributed by atoms with Crippen LogP contribution in [0, 0.1) is 13.8 Å². The molecule has 0 radical (unpaired) electrons. The van der Waals surface area contributed by atoms with Crippen LogP contribution in [0.25, 0.3) is 12.2 Å². The van der Waals surface area contributed by atoms with Crippen LogP contribution < -0.4 is 4.74 Å². The molecule has 1 heterocycles. The smallest absolute Gasteiger partial charge is 0.344 e. The summed E-state index contributed by atoms with van der Waals surface area (Å²) < 4.78 is 10.8. The maximum absolute atomic E-state index is 11.9. The summed E-state index contributed by atoms with van der Waals surface area (Å²) in [6.45, 7) is 4.23. The van der Waals surface area contributed by atoms with E-state index in [2.05, 4.69) is 30.5 Å². The van der Waals surface area contributed by atoms with E-state index in [0.717, 1.165) is 16.7 Å². The second-order valence-corrected chi connectivity index (χ2v) is 7.21. The van der Waals surface area contributed by atoms with Gasteiger partial charge in [-0.05, 0) is 65.8 Å². The number of hydrogen-bond acceptors (Lipinski definition) is 4. The molecule has 0 saturated carbocycles. The second kappa shape index (κ2) is 9.19. The Hall–Kier alpha value is -2.85. The van der Waals surface area contributed by atoms with Crippen molar-refractivity contribution in [1.82, 2.24) is 0 Å². The Morgan fingerprint density at radius 2 is 1.81 bits per heavy atom. The van der Waals surface area contributed by atoms with Gasteiger partial charge in [-0.1, -0.05) is 42.5 Å². The standard InChI is InChI=1S/C23H22O3S/c1-17-12-13-27-22(17)11-9-19-8-10-21(18(2)14-19)25-16-23(24)26-15-20-6-4-3-5-7-20/h3-14H,15-16H2,1-2H3. The van der Waals surface area contributed by atoms with Crippen molar-refractivity contribution >= 4 is 29.5 Å². The first-order valence-corrected chi connectivity index (χ1v) is 9.65. The normalized spacial score (nSPS) is 10.9. The molecule has 0 aliphatic heterocycles. The van der Waals surface area contributed by atoms with Crippen molar-refractivity contribution < 1.29 is 14.3 Å². The van der Waals surface area contributed by atoms with Crippen LogP contribution in [0.3, 0.4) is 0 Å². The maximum Gasteiger partial charge on any atom is 0.344 e. The molecule has 0 aliphatic rings. The van der Waals surface area contributed by atoms with Crippen molar-refractivity contribution in [3.8, 4) is 5.75 Å². The van der Waals surface area contributed by atoms with Crippen molar-refractivity contribution in [2.24, 2.45) is 0 Å². The summed E-state index contributed by atoms with van der Waals surface area (Å²) in [4.78, 5) is 13.1. The number of esters is 1. The molecule has 4 heteroatoms. The molecule has 0 saturated heterocycles. The summed E-state index contributed by atoms with van der Waals surface area (Å²) in [5.41, 5.74) is 4.32. The molecule has 3 rings (SSSR count). The fourth-order valence-corrected chi connectivity index (χ4v) is 3.40. The summed E-state index contributed by atoms with van der Waals surface area (Å²) in [5, 5.41) is 2.09. The molecule has 2 aromatic carbocycles. The molecule has 0 fully saturated rings. The average molecular weight is 378 g/mol. The third-order valence-corrected chi connectivity index (χ3v) is 5.10. The van der Waals surface area contributed by atoms with Crippen LogP contribution >= 0.6 is 11.3 Å². The van der Waals surface area contributed by atoms with Gasteiger partial charge in [0.05, 0.1) is 0 Å². The van der Waals surface area contributed by atoms with E-state index in [0.29, 0.717) is 5.75 Å². The van der Waals surface area contributed by atoms with E-state index in [1.54, 1.807) is 11.3 Å². The van der Waals surface area contributed by atoms with E-state index >= 15 is 0 Å². The monoisotopic (exact) mass is 378 g/mol. The highest BCUT2D eigenvalue weighted by molar-refractivity contribution is 7.11. The summed E-state index contributed by atoms with van der Waals surface area (Å²) in [6.07, 6.45) is 4.21. The zero-order valence-corrected chi connectivity index (χ0v) is 16.3. The maximum atomic E-state index is 11.9. The molecule has 27 heavy (non-hydrogen) atoms. The van der Waals surface area contributed by atoms with Gasteiger partial charge in [-0.25, -0.2) is 4.79 Å². The zero-order chi connectivity index (χ0) is 19.1. The molecule has 138 valence electrons. The first kappa shape index (κ1) is 18.9. The van der Waals surface area contributed by atoms with E-state index in [1.807, 2.05) is 55.5 Å². The van der Waals surface area contributed by atoms with Crippen LogP contribution in [-0.4, -0.2) is 12.6 Å². The fraction of sp³-hybridized carbons (Fsp3) is 0.174. The van der Waals surface area contributed by atoms with Gasteiger partial charge in [-0.2, -0.15) is 0 Å². The minimum atomic E-state index is -0.379. The molecule has 0 bridgehead atoms. The van der Waals surface area contributed by atoms with Crippen LogP contribution in [0.4, 0.5) is 0 Å². The van der Waals surface area contributed by atoms with Crippen LogP contribution in [-0.2, 0) is 16.1 Å². The minimum Gasteiger partial charge on any atom is -0.482 e. The van der Waals surface area contributed by atoms with Gasteiger partial charge < -0.3 is 9.47 Å². The summed E-state index contributed by atoms with van der Waals surface area (Å²) in [7, 11) is 0. The van der Waals surface area contributed by atoms with Gasteiger partial charge in [0.15, 0.2) is 6.61 Å². The highest BCUT2D eigenvalue weighted by Gasteiger charge is 2.07. The van der Waals surface area contributed by atoms with Crippen molar-refractivity contribution in [3.63, 3.8) is 0 Å². The molecule has 0 amide bonds. The first-order chi connectivity index (χ1) is 13.1. The molecular formula is C23H22O3S. The zero-order valence-electron chi connectivity index (χ0n) is 15.5. The Labute approximate surface area is 163 Å². The van der Waals surface area contributed by atoms with Gasteiger partial charge >= 0.3 is 5.97 Å². The fourth-order valence-electron chi connectivity index (χ4n) is 2.58. The lowest BCUT2D eigenvalue weighted by Gasteiger charge is -2.10. The number of hydrogen-bond donors (Lipinski definition) is 0. The lowest BCUT2D eigenvalue weighted by atomic mass is 10.1. The number of ether oxygens (including phenoxy) is 2. The first-order valence-electron chi connectivity index (χ1n) is 8.77. The summed E-state index contributed by atoms with van der Waals surface area (Å²) in [6, 6.07) is 17.6. The Morgan fingerprint density at radius 3 is 2.52 bits per heavy atom. The lowest BCUT2D eigenvalue weighted by molar-refractivity contribution is -0.147. The SMILES string of the molecule is Cc1cc(C=Cc2sccc2C)ccc1OCC(=O)OCc1ccccc1. The molecule has 0 N–H and O–H groups in total. The highest BCUT2D eigenvalue weighted by Crippen LogP contribution is 2.22. The molecular weight excluding hydrogens is 356 g/mol. The summed E-state index contributed by atoms with van der Waals surface area (Å²) >= 11 is 1.73. The van der Waals surface area contributed by atoms with Crippen LogP contribution in [0.15, 0.2) is 60.0 Å². The molecule has 1 aromatic heterocycles. The topological polar surface area (TPSA) is 35.5 Å². The van der Waals surface area contributed by atoms with E-state index < -0.39 is 0 Å². The van der Waals surface area contributed by atoms with Gasteiger partial charge in [-0.15, -0.1) is 11.3 Å². The molecule has 0 atom stereocenters. The number of carbonyl (C=O) groups excluding carboxylic acids is 1. The third kappa shape index (κ3) is 5.56. The van der Waals surface area contributed by atoms with Gasteiger partial charge in [-0.3, -0.25) is 0 Å². The molecule has 0 aliphatic carbocycles. The van der Waals surface area contributed by atoms with Crippen LogP contribution in [0.2, 0.25) is 0 Å². The predicted molar refractivity (Wildman–Crippen MR) is 111 cm³/mol. The Bertz CT molecular complexity index is 926. The van der Waals surface area contributed by atoms with Crippen molar-refractivity contribution in [2.75, 3.05) is 6.61 Å². The van der Waals surface area contributed by atoms with E-state index in [1.165, 1.54) is 10.4 Å². The molecule has 0 spiro atoms. The second-order valence-electron chi connectivity index (χ2n) is 6.26. The molecule has 3 aromatic rings. The Kier molecular flexibility index (Phi) is 6.44. The third-order valence-electron chi connectivity index (χ3n) is 4.12. The van der Waals surface area contributed by atoms with Crippen molar-refractivity contribution in [1.29, 1.82) is 0 Å². The van der Waals surface area contributed by atoms with Crippen molar-refractivity contribution in [3.05, 3.63) is 87.1 Å². The summed E-state index contributed by atoms with van der Waals surface area (Å²) in [5.74, 6) is 0.312. The van der Waals surface area contributed by atoms with Gasteiger partial charge in [0, 0.05) is 4.88 Å². The van der Waals surface area contributed by atoms with Gasteiger partial charge in [0.1, 0.15) is 12.4 Å². The lowest BCUT2D eigenvalue weighted by Crippen LogP contribution is -2.15. The van der Waals surface area contributed by atoms with E-state index in [4.69, 9.17) is 9.47 Å². The van der Waals surface area contributed by atoms with E-state index in [9.17, 15) is 4.79 Å².